The number of nitrogens with one attached hydrogen (secondary N) is 1. The van der Waals surface area contributed by atoms with Crippen LogP contribution in [0.5, 0.6) is 0 Å². The Morgan fingerprint density at radius 1 is 0.971 bits per heavy atom. The van der Waals surface area contributed by atoms with Gasteiger partial charge in [0.25, 0.3) is 0 Å². The Balaban J connectivity index is 1.24. The standard InChI is InChI=1S/C25H28F3N7/c1-14-10-20(30-13-29-14)34-11-15-5-6-16(12-34)23(15)31-25-32-24-18(4-2-3-9-35(24)33-25)17-7-8-19(26)22(28)21(17)27/h7-8,10,13,15-16,18,23H,2-6,9,11-12H2,1H3,(H,31,33)/t15-,16+,18-,23?/m0/s1. The number of hydrogen-bond donors (Lipinski definition) is 1. The summed E-state index contributed by atoms with van der Waals surface area (Å²) in [6, 6.07) is 4.60. The molecule has 2 bridgehead atoms. The van der Waals surface area contributed by atoms with E-state index in [4.69, 9.17) is 10.1 Å². The summed E-state index contributed by atoms with van der Waals surface area (Å²) >= 11 is 0. The zero-order valence-electron chi connectivity index (χ0n) is 19.6. The molecule has 1 N–H and O–H groups in total. The Hall–Kier alpha value is -3.17. The van der Waals surface area contributed by atoms with Crippen LogP contribution in [0.2, 0.25) is 0 Å². The van der Waals surface area contributed by atoms with Gasteiger partial charge in [-0.25, -0.2) is 27.8 Å². The number of rotatable bonds is 4. The van der Waals surface area contributed by atoms with E-state index in [1.165, 1.54) is 6.07 Å². The van der Waals surface area contributed by atoms with Crippen LogP contribution in [-0.2, 0) is 6.54 Å². The Morgan fingerprint density at radius 2 is 1.77 bits per heavy atom. The van der Waals surface area contributed by atoms with Crippen LogP contribution in [0.3, 0.4) is 0 Å². The van der Waals surface area contributed by atoms with Gasteiger partial charge in [-0.05, 0) is 50.5 Å². The third-order valence-electron chi connectivity index (χ3n) is 7.81. The van der Waals surface area contributed by atoms with E-state index in [-0.39, 0.29) is 11.6 Å². The van der Waals surface area contributed by atoms with Crippen LogP contribution < -0.4 is 10.2 Å². The van der Waals surface area contributed by atoms with Gasteiger partial charge in [-0.15, -0.1) is 5.10 Å². The first-order valence-electron chi connectivity index (χ1n) is 12.4. The molecular weight excluding hydrogens is 455 g/mol. The number of benzene rings is 1. The number of fused-ring (bicyclic) bond motifs is 3. The maximum Gasteiger partial charge on any atom is 0.242 e. The van der Waals surface area contributed by atoms with Crippen LogP contribution >= 0.6 is 0 Å². The molecule has 2 fully saturated rings. The maximum absolute atomic E-state index is 14.7. The number of halogens is 3. The van der Waals surface area contributed by atoms with E-state index in [0.717, 1.165) is 56.4 Å². The largest absolute Gasteiger partial charge is 0.356 e. The van der Waals surface area contributed by atoms with Crippen molar-refractivity contribution in [2.24, 2.45) is 11.8 Å². The van der Waals surface area contributed by atoms with Crippen molar-refractivity contribution in [1.82, 2.24) is 24.7 Å². The second-order valence-electron chi connectivity index (χ2n) is 10.0. The lowest BCUT2D eigenvalue weighted by Gasteiger charge is -2.38. The monoisotopic (exact) mass is 483 g/mol. The Labute approximate surface area is 201 Å². The molecule has 2 aromatic heterocycles. The van der Waals surface area contributed by atoms with Crippen molar-refractivity contribution in [3.05, 3.63) is 59.1 Å². The zero-order valence-corrected chi connectivity index (χ0v) is 19.6. The first kappa shape index (κ1) is 22.3. The highest BCUT2D eigenvalue weighted by atomic mass is 19.2. The third-order valence-corrected chi connectivity index (χ3v) is 7.81. The van der Waals surface area contributed by atoms with Gasteiger partial charge in [0.2, 0.25) is 5.95 Å². The number of nitrogens with zero attached hydrogens (tertiary/aromatic N) is 6. The van der Waals surface area contributed by atoms with Crippen LogP contribution in [-0.4, -0.2) is 43.9 Å². The molecule has 1 aromatic carbocycles. The minimum absolute atomic E-state index is 0.138. The van der Waals surface area contributed by atoms with Gasteiger partial charge >= 0.3 is 0 Å². The van der Waals surface area contributed by atoms with Gasteiger partial charge in [-0.3, -0.25) is 0 Å². The highest BCUT2D eigenvalue weighted by Gasteiger charge is 2.43. The molecule has 3 aliphatic rings. The smallest absolute Gasteiger partial charge is 0.242 e. The lowest BCUT2D eigenvalue weighted by atomic mass is 9.92. The van der Waals surface area contributed by atoms with Gasteiger partial charge in [0, 0.05) is 48.9 Å². The molecule has 3 aromatic rings. The molecule has 1 aliphatic carbocycles. The van der Waals surface area contributed by atoms with Gasteiger partial charge in [0.05, 0.1) is 0 Å². The molecule has 0 radical (unpaired) electrons. The molecule has 0 amide bonds. The van der Waals surface area contributed by atoms with Gasteiger partial charge in [0.1, 0.15) is 18.0 Å². The number of piperidine rings is 1. The molecule has 1 unspecified atom stereocenters. The normalized spacial score (nSPS) is 25.9. The molecule has 4 atom stereocenters. The molecule has 4 heterocycles. The van der Waals surface area contributed by atoms with E-state index >= 15 is 0 Å². The van der Waals surface area contributed by atoms with Crippen LogP contribution in [0.25, 0.3) is 0 Å². The average Bonchev–Trinajstić information content (AvgIpc) is 3.25. The molecular formula is C25H28F3N7. The van der Waals surface area contributed by atoms with Crippen LogP contribution in [0, 0.1) is 36.2 Å². The number of aromatic nitrogens is 5. The molecule has 35 heavy (non-hydrogen) atoms. The lowest BCUT2D eigenvalue weighted by Crippen LogP contribution is -2.48. The summed E-state index contributed by atoms with van der Waals surface area (Å²) in [6.07, 6.45) is 6.19. The van der Waals surface area contributed by atoms with Crippen molar-refractivity contribution in [3.63, 3.8) is 0 Å². The first-order valence-corrected chi connectivity index (χ1v) is 12.4. The fraction of sp³-hybridized carbons (Fsp3) is 0.520. The van der Waals surface area contributed by atoms with E-state index in [2.05, 4.69) is 20.2 Å². The van der Waals surface area contributed by atoms with Gasteiger partial charge in [0.15, 0.2) is 17.5 Å². The first-order chi connectivity index (χ1) is 17.0. The van der Waals surface area contributed by atoms with Gasteiger partial charge in [-0.1, -0.05) is 12.5 Å². The van der Waals surface area contributed by atoms with E-state index in [1.54, 1.807) is 11.0 Å². The second-order valence-corrected chi connectivity index (χ2v) is 10.0. The SMILES string of the molecule is Cc1cc(N2C[C@H]3CC[C@@H](C2)C3Nc2nc3n(n2)CCCC[C@H]3c2ccc(F)c(F)c2F)ncn1. The van der Waals surface area contributed by atoms with Crippen LogP contribution in [0.4, 0.5) is 24.9 Å². The number of hydrogen-bond acceptors (Lipinski definition) is 6. The fourth-order valence-corrected chi connectivity index (χ4v) is 6.09. The van der Waals surface area contributed by atoms with E-state index in [0.29, 0.717) is 36.6 Å². The summed E-state index contributed by atoms with van der Waals surface area (Å²) < 4.78 is 44.0. The fourth-order valence-electron chi connectivity index (χ4n) is 6.09. The Kier molecular flexibility index (Phi) is 5.61. The summed E-state index contributed by atoms with van der Waals surface area (Å²) in [6.45, 7) is 4.45. The average molecular weight is 484 g/mol. The molecule has 0 spiro atoms. The van der Waals surface area contributed by atoms with Crippen molar-refractivity contribution in [2.45, 2.75) is 57.5 Å². The van der Waals surface area contributed by atoms with Crippen molar-refractivity contribution in [1.29, 1.82) is 0 Å². The Morgan fingerprint density at radius 3 is 2.54 bits per heavy atom. The molecule has 6 rings (SSSR count). The molecule has 7 nitrogen and oxygen atoms in total. The summed E-state index contributed by atoms with van der Waals surface area (Å²) in [7, 11) is 0. The van der Waals surface area contributed by atoms with Gasteiger partial charge in [-0.2, -0.15) is 4.98 Å². The lowest BCUT2D eigenvalue weighted by molar-refractivity contribution is 0.374. The predicted octanol–water partition coefficient (Wildman–Crippen LogP) is 4.44. The van der Waals surface area contributed by atoms with E-state index < -0.39 is 23.4 Å². The van der Waals surface area contributed by atoms with Crippen molar-refractivity contribution < 1.29 is 13.2 Å². The zero-order chi connectivity index (χ0) is 24.1. The quantitative estimate of drug-likeness (QED) is 0.554. The molecule has 184 valence electrons. The van der Waals surface area contributed by atoms with Crippen LogP contribution in [0.15, 0.2) is 24.5 Å². The minimum Gasteiger partial charge on any atom is -0.356 e. The molecule has 2 aliphatic heterocycles. The highest BCUT2D eigenvalue weighted by Crippen LogP contribution is 2.40. The molecule has 1 saturated carbocycles. The Bertz CT molecular complexity index is 1230. The van der Waals surface area contributed by atoms with Gasteiger partial charge < -0.3 is 10.2 Å². The highest BCUT2D eigenvalue weighted by molar-refractivity contribution is 5.42. The van der Waals surface area contributed by atoms with Crippen molar-refractivity contribution >= 4 is 11.8 Å². The second kappa shape index (κ2) is 8.80. The van der Waals surface area contributed by atoms with Crippen molar-refractivity contribution in [3.8, 4) is 0 Å². The predicted molar refractivity (Wildman–Crippen MR) is 125 cm³/mol. The van der Waals surface area contributed by atoms with E-state index in [9.17, 15) is 13.2 Å². The minimum atomic E-state index is -1.43. The van der Waals surface area contributed by atoms with E-state index in [1.807, 2.05) is 13.0 Å². The number of anilines is 2. The molecule has 1 saturated heterocycles. The summed E-state index contributed by atoms with van der Waals surface area (Å²) in [4.78, 5) is 15.8. The summed E-state index contributed by atoms with van der Waals surface area (Å²) in [5, 5.41) is 8.29. The topological polar surface area (TPSA) is 71.8 Å². The molecule has 10 heteroatoms. The number of aryl methyl sites for hydroxylation is 2. The maximum atomic E-state index is 14.7. The third kappa shape index (κ3) is 4.02. The van der Waals surface area contributed by atoms with Crippen LogP contribution in [0.1, 0.15) is 55.1 Å². The summed E-state index contributed by atoms with van der Waals surface area (Å²) in [5.41, 5.74) is 1.10. The summed E-state index contributed by atoms with van der Waals surface area (Å²) in [5.74, 6) is -1.23. The van der Waals surface area contributed by atoms with Crippen molar-refractivity contribution in [2.75, 3.05) is 23.3 Å².